The molecule has 0 fully saturated rings. The van der Waals surface area contributed by atoms with Gasteiger partial charge in [0.25, 0.3) is 5.56 Å². The Morgan fingerprint density at radius 1 is 1.26 bits per heavy atom. The van der Waals surface area contributed by atoms with Crippen LogP contribution >= 0.6 is 11.8 Å². The summed E-state index contributed by atoms with van der Waals surface area (Å²) in [6.07, 6.45) is 1.83. The third-order valence-corrected chi connectivity index (χ3v) is 4.34. The summed E-state index contributed by atoms with van der Waals surface area (Å²) in [5.74, 6) is 2.61. The lowest BCUT2D eigenvalue weighted by atomic mass is 10.3. The molecule has 3 aromatic rings. The van der Waals surface area contributed by atoms with Gasteiger partial charge in [0.15, 0.2) is 5.82 Å². The molecular formula is C16H18N4O2S. The molecule has 0 spiro atoms. The Kier molecular flexibility index (Phi) is 4.76. The zero-order valence-corrected chi connectivity index (χ0v) is 14.0. The lowest BCUT2D eigenvalue weighted by Crippen LogP contribution is -2.17. The zero-order chi connectivity index (χ0) is 16.2. The van der Waals surface area contributed by atoms with Crippen molar-refractivity contribution in [3.63, 3.8) is 0 Å². The highest BCUT2D eigenvalue weighted by Gasteiger charge is 2.08. The maximum atomic E-state index is 12.2. The van der Waals surface area contributed by atoms with E-state index in [0.29, 0.717) is 23.0 Å². The van der Waals surface area contributed by atoms with E-state index in [4.69, 9.17) is 4.52 Å². The minimum atomic E-state index is -0.0493. The predicted molar refractivity (Wildman–Crippen MR) is 89.5 cm³/mol. The quantitative estimate of drug-likeness (QED) is 0.692. The first kappa shape index (κ1) is 15.7. The number of aryl methyl sites for hydroxylation is 2. The Morgan fingerprint density at radius 2 is 2.13 bits per heavy atom. The summed E-state index contributed by atoms with van der Waals surface area (Å²) in [5, 5.41) is 3.93. The zero-order valence-electron chi connectivity index (χ0n) is 13.2. The van der Waals surface area contributed by atoms with Crippen LogP contribution in [0.2, 0.25) is 0 Å². The lowest BCUT2D eigenvalue weighted by molar-refractivity contribution is 0.384. The van der Waals surface area contributed by atoms with E-state index in [1.165, 1.54) is 0 Å². The number of aromatic nitrogens is 4. The molecule has 7 heteroatoms. The van der Waals surface area contributed by atoms with Gasteiger partial charge < -0.3 is 4.52 Å². The molecule has 0 aliphatic carbocycles. The first-order valence-corrected chi connectivity index (χ1v) is 8.70. The van der Waals surface area contributed by atoms with E-state index in [0.717, 1.165) is 30.1 Å². The Morgan fingerprint density at radius 3 is 2.96 bits per heavy atom. The van der Waals surface area contributed by atoms with Crippen LogP contribution < -0.4 is 5.56 Å². The molecule has 0 aromatic carbocycles. The molecule has 0 radical (unpaired) electrons. The van der Waals surface area contributed by atoms with E-state index in [1.807, 2.05) is 25.1 Å². The van der Waals surface area contributed by atoms with E-state index in [9.17, 15) is 4.79 Å². The van der Waals surface area contributed by atoms with Crippen molar-refractivity contribution in [2.45, 2.75) is 38.2 Å². The predicted octanol–water partition coefficient (Wildman–Crippen LogP) is 2.77. The average Bonchev–Trinajstić information content (AvgIpc) is 2.95. The average molecular weight is 330 g/mol. The SMILES string of the molecule is CCCc1noc(CSCc2cc(=O)n3c(C)cccc3n2)n1. The molecule has 0 atom stereocenters. The summed E-state index contributed by atoms with van der Waals surface area (Å²) in [5.41, 5.74) is 2.27. The first-order valence-electron chi connectivity index (χ1n) is 7.55. The van der Waals surface area contributed by atoms with Crippen molar-refractivity contribution in [1.29, 1.82) is 0 Å². The number of rotatable bonds is 6. The van der Waals surface area contributed by atoms with Crippen LogP contribution in [0.3, 0.4) is 0 Å². The van der Waals surface area contributed by atoms with Crippen molar-refractivity contribution < 1.29 is 4.52 Å². The van der Waals surface area contributed by atoms with Crippen molar-refractivity contribution in [1.82, 2.24) is 19.5 Å². The van der Waals surface area contributed by atoms with Gasteiger partial charge in [0.2, 0.25) is 5.89 Å². The van der Waals surface area contributed by atoms with Gasteiger partial charge in [0.1, 0.15) is 5.65 Å². The molecule has 0 bridgehead atoms. The van der Waals surface area contributed by atoms with E-state index in [2.05, 4.69) is 22.0 Å². The number of nitrogens with zero attached hydrogens (tertiary/aromatic N) is 4. The molecule has 23 heavy (non-hydrogen) atoms. The van der Waals surface area contributed by atoms with Crippen molar-refractivity contribution in [3.8, 4) is 0 Å². The highest BCUT2D eigenvalue weighted by atomic mass is 32.2. The van der Waals surface area contributed by atoms with E-state index in [-0.39, 0.29) is 5.56 Å². The fourth-order valence-electron chi connectivity index (χ4n) is 2.35. The number of fused-ring (bicyclic) bond motifs is 1. The number of hydrogen-bond acceptors (Lipinski definition) is 6. The van der Waals surface area contributed by atoms with E-state index >= 15 is 0 Å². The molecule has 6 nitrogen and oxygen atoms in total. The second kappa shape index (κ2) is 6.95. The van der Waals surface area contributed by atoms with Crippen LogP contribution in [0.5, 0.6) is 0 Å². The molecule has 0 saturated carbocycles. The highest BCUT2D eigenvalue weighted by Crippen LogP contribution is 2.16. The van der Waals surface area contributed by atoms with Gasteiger partial charge in [0.05, 0.1) is 11.4 Å². The van der Waals surface area contributed by atoms with Gasteiger partial charge in [-0.3, -0.25) is 9.20 Å². The molecule has 0 amide bonds. The van der Waals surface area contributed by atoms with Gasteiger partial charge >= 0.3 is 0 Å². The molecule has 3 heterocycles. The molecular weight excluding hydrogens is 312 g/mol. The normalized spacial score (nSPS) is 11.2. The third-order valence-electron chi connectivity index (χ3n) is 3.39. The van der Waals surface area contributed by atoms with Gasteiger partial charge in [-0.1, -0.05) is 18.1 Å². The van der Waals surface area contributed by atoms with Crippen LogP contribution in [-0.2, 0) is 17.9 Å². The summed E-state index contributed by atoms with van der Waals surface area (Å²) in [6, 6.07) is 7.23. The van der Waals surface area contributed by atoms with Crippen molar-refractivity contribution >= 4 is 17.4 Å². The van der Waals surface area contributed by atoms with Crippen LogP contribution in [0.25, 0.3) is 5.65 Å². The summed E-state index contributed by atoms with van der Waals surface area (Å²) in [4.78, 5) is 21.1. The number of hydrogen-bond donors (Lipinski definition) is 0. The lowest BCUT2D eigenvalue weighted by Gasteiger charge is -2.05. The van der Waals surface area contributed by atoms with Crippen molar-refractivity contribution in [2.24, 2.45) is 0 Å². The monoisotopic (exact) mass is 330 g/mol. The second-order valence-electron chi connectivity index (χ2n) is 5.29. The topological polar surface area (TPSA) is 73.3 Å². The fraction of sp³-hybridized carbons (Fsp3) is 0.375. The van der Waals surface area contributed by atoms with Crippen LogP contribution in [0.15, 0.2) is 33.6 Å². The van der Waals surface area contributed by atoms with Crippen molar-refractivity contribution in [3.05, 3.63) is 57.7 Å². The molecule has 0 saturated heterocycles. The summed E-state index contributed by atoms with van der Waals surface area (Å²) in [6.45, 7) is 3.98. The van der Waals surface area contributed by atoms with Crippen LogP contribution in [0.4, 0.5) is 0 Å². The van der Waals surface area contributed by atoms with Crippen LogP contribution in [0.1, 0.15) is 36.4 Å². The molecule has 3 rings (SSSR count). The van der Waals surface area contributed by atoms with Gasteiger partial charge in [0, 0.05) is 23.9 Å². The molecule has 0 aliphatic rings. The molecule has 0 unspecified atom stereocenters. The maximum absolute atomic E-state index is 12.2. The van der Waals surface area contributed by atoms with Gasteiger partial charge in [-0.15, -0.1) is 11.8 Å². The maximum Gasteiger partial charge on any atom is 0.258 e. The first-order chi connectivity index (χ1) is 11.2. The molecule has 120 valence electrons. The Bertz CT molecular complexity index is 872. The summed E-state index contributed by atoms with van der Waals surface area (Å²) in [7, 11) is 0. The molecule has 3 aromatic heterocycles. The Hall–Kier alpha value is -2.15. The standard InChI is InChI=1S/C16H18N4O2S/c1-3-5-13-18-15(22-19-13)10-23-9-12-8-16(21)20-11(2)6-4-7-14(20)17-12/h4,6-8H,3,5,9-10H2,1-2H3. The van der Waals surface area contributed by atoms with Crippen LogP contribution in [-0.4, -0.2) is 19.5 Å². The molecule has 0 N–H and O–H groups in total. The van der Waals surface area contributed by atoms with Gasteiger partial charge in [-0.25, -0.2) is 4.98 Å². The Labute approximate surface area is 137 Å². The minimum absolute atomic E-state index is 0.0493. The number of pyridine rings is 1. The smallest absolute Gasteiger partial charge is 0.258 e. The van der Waals surface area contributed by atoms with Crippen LogP contribution in [0, 0.1) is 6.92 Å². The largest absolute Gasteiger partial charge is 0.338 e. The highest BCUT2D eigenvalue weighted by molar-refractivity contribution is 7.97. The van der Waals surface area contributed by atoms with Gasteiger partial charge in [-0.05, 0) is 25.5 Å². The van der Waals surface area contributed by atoms with Gasteiger partial charge in [-0.2, -0.15) is 4.98 Å². The number of thioether (sulfide) groups is 1. The Balaban J connectivity index is 1.68. The molecule has 0 aliphatic heterocycles. The minimum Gasteiger partial charge on any atom is -0.338 e. The summed E-state index contributed by atoms with van der Waals surface area (Å²) >= 11 is 1.61. The third kappa shape index (κ3) is 3.61. The fourth-order valence-corrected chi connectivity index (χ4v) is 3.11. The second-order valence-corrected chi connectivity index (χ2v) is 6.28. The van der Waals surface area contributed by atoms with E-state index < -0.39 is 0 Å². The summed E-state index contributed by atoms with van der Waals surface area (Å²) < 4.78 is 6.81. The van der Waals surface area contributed by atoms with E-state index in [1.54, 1.807) is 22.2 Å². The van der Waals surface area contributed by atoms with Crippen molar-refractivity contribution in [2.75, 3.05) is 0 Å².